The summed E-state index contributed by atoms with van der Waals surface area (Å²) in [6.45, 7) is 1.63. The van der Waals surface area contributed by atoms with Crippen LogP contribution in [0.4, 0.5) is 5.69 Å². The van der Waals surface area contributed by atoms with E-state index in [1.807, 2.05) is 0 Å². The van der Waals surface area contributed by atoms with Crippen molar-refractivity contribution in [3.63, 3.8) is 0 Å². The van der Waals surface area contributed by atoms with E-state index in [0.29, 0.717) is 10.0 Å². The molecule has 8 heteroatoms. The average molecular weight is 364 g/mol. The monoisotopic (exact) mass is 363 g/mol. The molecule has 2 atom stereocenters. The molecule has 0 fully saturated rings. The van der Waals surface area contributed by atoms with Crippen LogP contribution in [-0.2, 0) is 26.1 Å². The van der Waals surface area contributed by atoms with Crippen LogP contribution in [0, 0.1) is 16.0 Å². The molecule has 0 heterocycles. The summed E-state index contributed by atoms with van der Waals surface area (Å²) in [4.78, 5) is 21.6. The Bertz CT molecular complexity index is 549. The van der Waals surface area contributed by atoms with Crippen LogP contribution in [0.3, 0.4) is 0 Å². The van der Waals surface area contributed by atoms with Gasteiger partial charge in [0, 0.05) is 28.4 Å². The Morgan fingerprint density at radius 3 is 2.75 bits per heavy atom. The minimum Gasteiger partial charge on any atom is -0.469 e. The third kappa shape index (κ3) is 4.38. The number of halogens is 1. The van der Waals surface area contributed by atoms with Gasteiger partial charge in [-0.2, -0.15) is 0 Å². The molecule has 6 nitrogen and oxygen atoms in total. The zero-order valence-electron chi connectivity index (χ0n) is 11.0. The Hall–Kier alpha value is -1.28. The third-order valence-electron chi connectivity index (χ3n) is 2.61. The molecule has 0 amide bonds. The molecule has 0 radical (unpaired) electrons. The van der Waals surface area contributed by atoms with Gasteiger partial charge in [0.25, 0.3) is 5.69 Å². The molecular formula is C12H14BrNO5S. The highest BCUT2D eigenvalue weighted by molar-refractivity contribution is 9.10. The van der Waals surface area contributed by atoms with Gasteiger partial charge in [0.1, 0.15) is 0 Å². The predicted octanol–water partition coefficient (Wildman–Crippen LogP) is 2.42. The molecule has 0 N–H and O–H groups in total. The van der Waals surface area contributed by atoms with Gasteiger partial charge in [-0.1, -0.05) is 19.1 Å². The van der Waals surface area contributed by atoms with E-state index in [9.17, 15) is 19.1 Å². The average Bonchev–Trinajstić information content (AvgIpc) is 2.39. The minimum atomic E-state index is -1.31. The standard InChI is InChI=1S/C12H14BrNO5S/c1-8(12(15)19-2)6-20(18)7-9-4-3-5-10(11(9)13)14(16)17/h3-5,8H,6-7H2,1-2H3. The Morgan fingerprint density at radius 1 is 1.55 bits per heavy atom. The van der Waals surface area contributed by atoms with Crippen LogP contribution in [0.1, 0.15) is 12.5 Å². The van der Waals surface area contributed by atoms with Gasteiger partial charge < -0.3 is 4.74 Å². The highest BCUT2D eigenvalue weighted by Crippen LogP contribution is 2.29. The molecule has 0 aromatic heterocycles. The van der Waals surface area contributed by atoms with Crippen molar-refractivity contribution in [3.05, 3.63) is 38.3 Å². The fourth-order valence-corrected chi connectivity index (χ4v) is 3.73. The van der Waals surface area contributed by atoms with E-state index >= 15 is 0 Å². The van der Waals surface area contributed by atoms with Crippen molar-refractivity contribution in [2.24, 2.45) is 5.92 Å². The Balaban J connectivity index is 2.79. The van der Waals surface area contributed by atoms with Crippen LogP contribution in [-0.4, -0.2) is 28.0 Å². The fraction of sp³-hybridized carbons (Fsp3) is 0.417. The molecule has 0 aliphatic rings. The molecule has 1 rings (SSSR count). The minimum absolute atomic E-state index is 0.0690. The quantitative estimate of drug-likeness (QED) is 0.440. The summed E-state index contributed by atoms with van der Waals surface area (Å²) in [5, 5.41) is 10.8. The number of nitro benzene ring substituents is 1. The Labute approximate surface area is 127 Å². The van der Waals surface area contributed by atoms with Crippen molar-refractivity contribution in [3.8, 4) is 0 Å². The molecule has 0 saturated carbocycles. The summed E-state index contributed by atoms with van der Waals surface area (Å²) in [7, 11) is -0.0318. The van der Waals surface area contributed by atoms with Gasteiger partial charge >= 0.3 is 5.97 Å². The number of nitrogens with zero attached hydrogens (tertiary/aromatic N) is 1. The maximum atomic E-state index is 12.0. The zero-order chi connectivity index (χ0) is 15.3. The number of carbonyl (C=O) groups is 1. The van der Waals surface area contributed by atoms with Crippen LogP contribution in [0.2, 0.25) is 0 Å². The van der Waals surface area contributed by atoms with Crippen molar-refractivity contribution >= 4 is 38.4 Å². The lowest BCUT2D eigenvalue weighted by atomic mass is 10.2. The lowest BCUT2D eigenvalue weighted by Gasteiger charge is -2.09. The second-order valence-electron chi connectivity index (χ2n) is 4.18. The van der Waals surface area contributed by atoms with E-state index in [1.54, 1.807) is 19.1 Å². The first-order valence-corrected chi connectivity index (χ1v) is 7.99. The number of nitro groups is 1. The van der Waals surface area contributed by atoms with Crippen molar-refractivity contribution in [1.29, 1.82) is 0 Å². The van der Waals surface area contributed by atoms with Gasteiger partial charge in [-0.25, -0.2) is 0 Å². The second-order valence-corrected chi connectivity index (χ2v) is 6.48. The smallest absolute Gasteiger partial charge is 0.309 e. The Morgan fingerprint density at radius 2 is 2.20 bits per heavy atom. The van der Waals surface area contributed by atoms with Gasteiger partial charge in [-0.15, -0.1) is 0 Å². The van der Waals surface area contributed by atoms with Crippen LogP contribution >= 0.6 is 15.9 Å². The summed E-state index contributed by atoms with van der Waals surface area (Å²) >= 11 is 3.15. The Kier molecular flexibility index (Phi) is 6.28. The lowest BCUT2D eigenvalue weighted by molar-refractivity contribution is -0.385. The van der Waals surface area contributed by atoms with Crippen LogP contribution in [0.25, 0.3) is 0 Å². The summed E-state index contributed by atoms with van der Waals surface area (Å²) < 4.78 is 16.9. The van der Waals surface area contributed by atoms with Crippen molar-refractivity contribution in [2.75, 3.05) is 12.9 Å². The number of rotatable bonds is 6. The number of benzene rings is 1. The number of hydrogen-bond acceptors (Lipinski definition) is 5. The van der Waals surface area contributed by atoms with Crippen molar-refractivity contribution < 1.29 is 18.7 Å². The van der Waals surface area contributed by atoms with E-state index in [2.05, 4.69) is 20.7 Å². The molecule has 0 spiro atoms. The van der Waals surface area contributed by atoms with E-state index in [4.69, 9.17) is 0 Å². The maximum Gasteiger partial charge on any atom is 0.309 e. The second kappa shape index (κ2) is 7.49. The van der Waals surface area contributed by atoms with E-state index in [0.717, 1.165) is 0 Å². The zero-order valence-corrected chi connectivity index (χ0v) is 13.4. The van der Waals surface area contributed by atoms with Gasteiger partial charge in [-0.05, 0) is 21.5 Å². The summed E-state index contributed by atoms with van der Waals surface area (Å²) in [5.74, 6) is -0.597. The molecule has 20 heavy (non-hydrogen) atoms. The number of esters is 1. The van der Waals surface area contributed by atoms with Crippen LogP contribution in [0.15, 0.2) is 22.7 Å². The summed E-state index contributed by atoms with van der Waals surface area (Å²) in [6, 6.07) is 4.57. The van der Waals surface area contributed by atoms with Gasteiger partial charge in [0.05, 0.1) is 22.4 Å². The molecule has 0 saturated heterocycles. The highest BCUT2D eigenvalue weighted by Gasteiger charge is 2.20. The summed E-state index contributed by atoms with van der Waals surface area (Å²) in [6.07, 6.45) is 0. The first-order chi connectivity index (χ1) is 9.36. The van der Waals surface area contributed by atoms with Crippen molar-refractivity contribution in [1.82, 2.24) is 0 Å². The first-order valence-electron chi connectivity index (χ1n) is 5.71. The predicted molar refractivity (Wildman–Crippen MR) is 78.7 cm³/mol. The van der Waals surface area contributed by atoms with E-state index < -0.39 is 27.6 Å². The van der Waals surface area contributed by atoms with Gasteiger partial charge in [0.15, 0.2) is 0 Å². The largest absolute Gasteiger partial charge is 0.469 e. The molecule has 1 aromatic rings. The molecule has 0 bridgehead atoms. The topological polar surface area (TPSA) is 86.5 Å². The first kappa shape index (κ1) is 16.8. The lowest BCUT2D eigenvalue weighted by Crippen LogP contribution is -2.20. The van der Waals surface area contributed by atoms with E-state index in [-0.39, 0.29) is 17.2 Å². The van der Waals surface area contributed by atoms with Crippen molar-refractivity contribution in [2.45, 2.75) is 12.7 Å². The normalized spacial score (nSPS) is 13.6. The fourth-order valence-electron chi connectivity index (χ4n) is 1.60. The number of hydrogen-bond donors (Lipinski definition) is 0. The molecule has 2 unspecified atom stereocenters. The number of carbonyl (C=O) groups excluding carboxylic acids is 1. The highest BCUT2D eigenvalue weighted by atomic mass is 79.9. The molecular weight excluding hydrogens is 350 g/mol. The van der Waals surface area contributed by atoms with Gasteiger partial charge in [-0.3, -0.25) is 19.1 Å². The third-order valence-corrected chi connectivity index (χ3v) is 5.03. The van der Waals surface area contributed by atoms with Crippen LogP contribution in [0.5, 0.6) is 0 Å². The molecule has 110 valence electrons. The number of ether oxygens (including phenoxy) is 1. The van der Waals surface area contributed by atoms with E-state index in [1.165, 1.54) is 13.2 Å². The number of methoxy groups -OCH3 is 1. The SMILES string of the molecule is COC(=O)C(C)CS(=O)Cc1cccc([N+](=O)[O-])c1Br. The molecule has 0 aliphatic carbocycles. The maximum absolute atomic E-state index is 12.0. The van der Waals surface area contributed by atoms with Gasteiger partial charge in [0.2, 0.25) is 0 Å². The molecule has 1 aromatic carbocycles. The molecule has 0 aliphatic heterocycles. The summed E-state index contributed by atoms with van der Waals surface area (Å²) in [5.41, 5.74) is 0.509. The van der Waals surface area contributed by atoms with Crippen LogP contribution < -0.4 is 0 Å².